The van der Waals surface area contributed by atoms with E-state index in [1.807, 2.05) is 0 Å². The average Bonchev–Trinajstić information content (AvgIpc) is 3.38. The predicted octanol–water partition coefficient (Wildman–Crippen LogP) is 19.4. The molecule has 0 fully saturated rings. The van der Waals surface area contributed by atoms with Crippen molar-refractivity contribution >= 4 is 173 Å². The minimum absolute atomic E-state index is 0. The summed E-state index contributed by atoms with van der Waals surface area (Å²) in [5, 5.41) is 0. The summed E-state index contributed by atoms with van der Waals surface area (Å²) in [5.74, 6) is 0. The van der Waals surface area contributed by atoms with Crippen molar-refractivity contribution in [1.29, 1.82) is 0 Å². The van der Waals surface area contributed by atoms with E-state index in [9.17, 15) is 0 Å². The first kappa shape index (κ1) is 109. The molecule has 0 aromatic heterocycles. The van der Waals surface area contributed by atoms with Gasteiger partial charge >= 0.3 is 69.5 Å². The van der Waals surface area contributed by atoms with Gasteiger partial charge in [-0.2, -0.15) is 0 Å². The quantitative estimate of drug-likeness (QED) is 0.0248. The van der Waals surface area contributed by atoms with Gasteiger partial charge in [0.15, 0.2) is 0 Å². The van der Waals surface area contributed by atoms with Gasteiger partial charge in [0.2, 0.25) is 0 Å². The number of rotatable bonds is 48. The van der Waals surface area contributed by atoms with E-state index in [0.717, 1.165) is 51.4 Å². The zero-order valence-electron chi connectivity index (χ0n) is 48.7. The van der Waals surface area contributed by atoms with Gasteiger partial charge in [0.05, 0.1) is 75.6 Å². The summed E-state index contributed by atoms with van der Waals surface area (Å²) < 4.78 is 68.8. The molecule has 78 heavy (non-hydrogen) atoms. The van der Waals surface area contributed by atoms with Crippen LogP contribution in [0.3, 0.4) is 0 Å². The van der Waals surface area contributed by atoms with Crippen LogP contribution in [0.25, 0.3) is 0 Å². The molecule has 0 saturated carbocycles. The molecule has 0 aromatic carbocycles. The van der Waals surface area contributed by atoms with Crippen molar-refractivity contribution in [1.82, 2.24) is 0 Å². The number of hydrogen-bond acceptors (Lipinski definition) is 19. The summed E-state index contributed by atoms with van der Waals surface area (Å²) in [4.78, 5) is 0. The molecule has 0 aliphatic heterocycles. The maximum atomic E-state index is 8.26. The Balaban J connectivity index is -0.0000000810. The van der Waals surface area contributed by atoms with Crippen LogP contribution in [0.5, 0.6) is 0 Å². The Morgan fingerprint density at radius 2 is 0.321 bits per heavy atom. The van der Waals surface area contributed by atoms with Crippen LogP contribution in [0.15, 0.2) is 0 Å². The van der Waals surface area contributed by atoms with E-state index >= 15 is 0 Å². The van der Waals surface area contributed by atoms with Crippen molar-refractivity contribution in [2.24, 2.45) is 0 Å². The van der Waals surface area contributed by atoms with Crippen LogP contribution in [0.2, 0.25) is 0 Å². The largest absolute Gasteiger partial charge is 2.00 e. The minimum Gasteiger partial charge on any atom is -2.00 e. The van der Waals surface area contributed by atoms with Gasteiger partial charge in [0, 0.05) is 0 Å². The third kappa shape index (κ3) is 110. The molecule has 30 heteroatoms. The molecule has 0 atom stereocenters. The van der Waals surface area contributed by atoms with Crippen LogP contribution < -0.4 is 0 Å². The predicted molar refractivity (Wildman–Crippen MR) is 359 cm³/mol. The summed E-state index contributed by atoms with van der Waals surface area (Å²) in [7, 11) is 0. The van der Waals surface area contributed by atoms with Gasteiger partial charge < -0.3 is 139 Å². The van der Waals surface area contributed by atoms with Crippen molar-refractivity contribution in [3.05, 3.63) is 0 Å². The average molecular weight is 1650 g/mol. The maximum Gasteiger partial charge on any atom is -2.00 e. The summed E-state index contributed by atoms with van der Waals surface area (Å²) in [6, 6.07) is 0. The summed E-state index contributed by atoms with van der Waals surface area (Å²) >= 11 is 43.5. The summed E-state index contributed by atoms with van der Waals surface area (Å²) in [5.41, 5.74) is -9.49. The summed E-state index contributed by atoms with van der Waals surface area (Å²) in [6.45, 7) is 22.8. The van der Waals surface area contributed by atoms with Crippen molar-refractivity contribution in [2.45, 2.75) is 261 Å². The Bertz CT molecular complexity index is 1040. The van der Waals surface area contributed by atoms with E-state index in [1.54, 1.807) is 0 Å². The Morgan fingerprint density at radius 1 is 0.231 bits per heavy atom. The first-order valence-electron chi connectivity index (χ1n) is 27.4. The van der Waals surface area contributed by atoms with Crippen LogP contribution in [0, 0.1) is 0 Å². The fourth-order valence-corrected chi connectivity index (χ4v) is 12.5. The van der Waals surface area contributed by atoms with Crippen molar-refractivity contribution < 1.29 is 106 Å². The molecular formula is C48H104Mo3O11P4S12. The standard InChI is InChI=1S/4C12H27O2PS2.3Mo.3O.4S/c4*1-3-5-7-9-11-13-15(16,17)14-12-10-8-6-4-2;;;;;;;;;;/h4*3-12H2,1-2H3,(H,16,17);;;;;;;;;;/q;;;;3*+4;;;;4*-2/p-4. The molecule has 0 aliphatic rings. The van der Waals surface area contributed by atoms with Gasteiger partial charge in [0.1, 0.15) is 0 Å². The second kappa shape index (κ2) is 92.3. The molecular weight excluding hydrogens is 1550 g/mol. The van der Waals surface area contributed by atoms with E-state index in [0.29, 0.717) is 112 Å². The van der Waals surface area contributed by atoms with E-state index in [-0.39, 0.29) is 54.0 Å². The third-order valence-electron chi connectivity index (χ3n) is 9.98. The molecule has 0 rings (SSSR count). The smallest absolute Gasteiger partial charge is 2.00 e. The number of unbranched alkanes of at least 4 members (excludes halogenated alkanes) is 24. The van der Waals surface area contributed by atoms with Gasteiger partial charge in [-0.3, -0.25) is 0 Å². The van der Waals surface area contributed by atoms with E-state index in [4.69, 9.17) is 143 Å². The molecule has 11 nitrogen and oxygen atoms in total. The van der Waals surface area contributed by atoms with Crippen LogP contribution in [-0.4, -0.2) is 52.9 Å². The van der Waals surface area contributed by atoms with E-state index < -0.39 is 22.8 Å². The topological polar surface area (TPSA) is 125 Å². The zero-order valence-corrected chi connectivity index (χ0v) is 68.1. The number of hydrogen-bond donors (Lipinski definition) is 0. The molecule has 0 radical (unpaired) electrons. The molecule has 0 N–H and O–H groups in total. The third-order valence-corrected chi connectivity index (χ3v) is 19.0. The van der Waals surface area contributed by atoms with Gasteiger partial charge in [-0.05, 0) is 51.4 Å². The van der Waals surface area contributed by atoms with Crippen molar-refractivity contribution in [3.63, 3.8) is 0 Å². The molecule has 0 aromatic rings. The van der Waals surface area contributed by atoms with Gasteiger partial charge in [0.25, 0.3) is 0 Å². The molecule has 0 aliphatic carbocycles. The van der Waals surface area contributed by atoms with Gasteiger partial charge in [-0.1, -0.05) is 257 Å². The van der Waals surface area contributed by atoms with Crippen LogP contribution in [0.4, 0.5) is 0 Å². The van der Waals surface area contributed by atoms with Gasteiger partial charge in [-0.25, -0.2) is 0 Å². The molecule has 0 saturated heterocycles. The van der Waals surface area contributed by atoms with Crippen LogP contribution in [0.1, 0.15) is 261 Å². The van der Waals surface area contributed by atoms with Crippen LogP contribution >= 0.6 is 22.8 Å². The SMILES string of the molecule is CCCCCCOP(=S)([S-])OCCCCCC.CCCCCCOP(=S)([S-])OCCCCCC.CCCCCCOP(=S)([S-])OCCCCCC.CCCCCCOP(=S)([S-])OCCCCCC.[O]=[Mo+4].[O]=[Mo+4].[O]=[Mo+4].[S-2].[S-2].[S-2].[S-2]. The van der Waals surface area contributed by atoms with Gasteiger partial charge in [-0.15, -0.1) is 0 Å². The Hall–Kier alpha value is 6.54. The Morgan fingerprint density at radius 3 is 0.397 bits per heavy atom. The van der Waals surface area contributed by atoms with E-state index in [2.05, 4.69) is 55.4 Å². The molecule has 0 heterocycles. The first-order chi connectivity index (χ1) is 35.5. The molecule has 0 bridgehead atoms. The van der Waals surface area contributed by atoms with Crippen LogP contribution in [-0.2, 0) is 256 Å². The van der Waals surface area contributed by atoms with Crippen molar-refractivity contribution in [2.75, 3.05) is 52.9 Å². The second-order valence-electron chi connectivity index (χ2n) is 16.9. The second-order valence-corrected chi connectivity index (χ2v) is 36.9. The molecule has 0 amide bonds. The zero-order chi connectivity index (χ0) is 57.9. The van der Waals surface area contributed by atoms with E-state index in [1.165, 1.54) is 154 Å². The molecule has 0 spiro atoms. The Labute approximate surface area is 585 Å². The minimum atomic E-state index is -2.37. The fourth-order valence-electron chi connectivity index (χ4n) is 5.79. The monoisotopic (exact) mass is 1660 g/mol. The summed E-state index contributed by atoms with van der Waals surface area (Å²) in [6.07, 6.45) is 37.8. The fraction of sp³-hybridized carbons (Fsp3) is 1.00. The molecule has 0 unspecified atom stereocenters. The molecule has 472 valence electrons. The maximum absolute atomic E-state index is 8.26. The normalized spacial score (nSPS) is 10.6. The Kier molecular flexibility index (Phi) is 129. The first-order valence-corrected chi connectivity index (χ1v) is 44.5. The van der Waals surface area contributed by atoms with Crippen molar-refractivity contribution in [3.8, 4) is 0 Å².